The third-order valence-corrected chi connectivity index (χ3v) is 1.65. The first-order chi connectivity index (χ1) is 5.76. The van der Waals surface area contributed by atoms with Gasteiger partial charge in [-0.3, -0.25) is 9.48 Å². The lowest BCUT2D eigenvalue weighted by Gasteiger charge is -1.94. The fraction of sp³-hybridized carbons (Fsp3) is 0.500. The molecule has 0 aromatic carbocycles. The number of nitrogens with one attached hydrogen (secondary N) is 1. The van der Waals surface area contributed by atoms with Crippen molar-refractivity contribution in [1.29, 1.82) is 0 Å². The number of carbonyl (C=O) groups is 1. The van der Waals surface area contributed by atoms with Crippen molar-refractivity contribution in [3.8, 4) is 0 Å². The number of carbonyl (C=O) groups excluding carboxylic acids is 1. The molecule has 0 fully saturated rings. The van der Waals surface area contributed by atoms with Gasteiger partial charge >= 0.3 is 0 Å². The van der Waals surface area contributed by atoms with Gasteiger partial charge in [-0.2, -0.15) is 5.10 Å². The van der Waals surface area contributed by atoms with Gasteiger partial charge in [-0.25, -0.2) is 0 Å². The van der Waals surface area contributed by atoms with Crippen molar-refractivity contribution in [3.05, 3.63) is 18.0 Å². The normalized spacial score (nSPS) is 9.83. The average molecular weight is 167 g/mol. The summed E-state index contributed by atoms with van der Waals surface area (Å²) < 4.78 is 1.80. The Hall–Kier alpha value is -1.32. The molecule has 66 valence electrons. The van der Waals surface area contributed by atoms with E-state index in [2.05, 4.69) is 10.4 Å². The van der Waals surface area contributed by atoms with E-state index in [0.717, 1.165) is 12.1 Å². The maximum atomic E-state index is 10.9. The number of rotatable bonds is 3. The fourth-order valence-corrected chi connectivity index (χ4v) is 0.944. The van der Waals surface area contributed by atoms with Crippen molar-refractivity contribution in [1.82, 2.24) is 15.1 Å². The highest BCUT2D eigenvalue weighted by Gasteiger charge is 2.02. The van der Waals surface area contributed by atoms with E-state index in [1.165, 1.54) is 0 Å². The molecule has 1 N–H and O–H groups in total. The molecule has 1 amide bonds. The Bertz CT molecular complexity index is 267. The molecule has 0 aliphatic carbocycles. The van der Waals surface area contributed by atoms with Crippen molar-refractivity contribution in [2.75, 3.05) is 7.05 Å². The van der Waals surface area contributed by atoms with Crippen LogP contribution in [0.5, 0.6) is 0 Å². The standard InChI is InChI=1S/C8H13N3O/c1-3-11-6-7(5-10-11)4-8(12)9-2/h5-6H,3-4H2,1-2H3,(H,9,12). The van der Waals surface area contributed by atoms with Crippen LogP contribution in [-0.2, 0) is 17.8 Å². The van der Waals surface area contributed by atoms with Crippen LogP contribution in [0.25, 0.3) is 0 Å². The molecule has 0 saturated heterocycles. The largest absolute Gasteiger partial charge is 0.359 e. The first kappa shape index (κ1) is 8.77. The van der Waals surface area contributed by atoms with Gasteiger partial charge in [0.15, 0.2) is 0 Å². The lowest BCUT2D eigenvalue weighted by atomic mass is 10.2. The minimum Gasteiger partial charge on any atom is -0.359 e. The Morgan fingerprint density at radius 3 is 3.00 bits per heavy atom. The SMILES string of the molecule is CCn1cc(CC(=O)NC)cn1. The van der Waals surface area contributed by atoms with Gasteiger partial charge in [-0.1, -0.05) is 0 Å². The summed E-state index contributed by atoms with van der Waals surface area (Å²) in [6.07, 6.45) is 4.02. The van der Waals surface area contributed by atoms with E-state index >= 15 is 0 Å². The monoisotopic (exact) mass is 167 g/mol. The molecule has 0 bridgehead atoms. The Labute approximate surface area is 71.6 Å². The lowest BCUT2D eigenvalue weighted by molar-refractivity contribution is -0.119. The van der Waals surface area contributed by atoms with E-state index < -0.39 is 0 Å². The summed E-state index contributed by atoms with van der Waals surface area (Å²) in [5.41, 5.74) is 0.955. The Kier molecular flexibility index (Phi) is 2.85. The molecule has 1 aromatic heterocycles. The smallest absolute Gasteiger partial charge is 0.224 e. The first-order valence-corrected chi connectivity index (χ1v) is 3.98. The maximum absolute atomic E-state index is 10.9. The zero-order valence-corrected chi connectivity index (χ0v) is 7.37. The molecule has 1 rings (SSSR count). The number of aryl methyl sites for hydroxylation is 1. The molecule has 12 heavy (non-hydrogen) atoms. The zero-order chi connectivity index (χ0) is 8.97. The lowest BCUT2D eigenvalue weighted by Crippen LogP contribution is -2.19. The van der Waals surface area contributed by atoms with Crippen LogP contribution in [0.15, 0.2) is 12.4 Å². The molecule has 0 aliphatic heterocycles. The summed E-state index contributed by atoms with van der Waals surface area (Å²) in [5, 5.41) is 6.62. The number of amides is 1. The van der Waals surface area contributed by atoms with Crippen molar-refractivity contribution < 1.29 is 4.79 Å². The summed E-state index contributed by atoms with van der Waals surface area (Å²) in [4.78, 5) is 10.9. The molecule has 4 nitrogen and oxygen atoms in total. The van der Waals surface area contributed by atoms with Gasteiger partial charge < -0.3 is 5.32 Å². The summed E-state index contributed by atoms with van der Waals surface area (Å²) in [5.74, 6) is 0.0191. The molecule has 1 heterocycles. The van der Waals surface area contributed by atoms with E-state index in [4.69, 9.17) is 0 Å². The third-order valence-electron chi connectivity index (χ3n) is 1.65. The summed E-state index contributed by atoms with van der Waals surface area (Å²) in [7, 11) is 1.63. The van der Waals surface area contributed by atoms with Gasteiger partial charge in [-0.05, 0) is 12.5 Å². The molecule has 0 saturated carbocycles. The van der Waals surface area contributed by atoms with Crippen LogP contribution < -0.4 is 5.32 Å². The topological polar surface area (TPSA) is 46.9 Å². The van der Waals surface area contributed by atoms with E-state index in [9.17, 15) is 4.79 Å². The highest BCUT2D eigenvalue weighted by Crippen LogP contribution is 1.98. The van der Waals surface area contributed by atoms with E-state index in [-0.39, 0.29) is 5.91 Å². The number of aromatic nitrogens is 2. The van der Waals surface area contributed by atoms with Crippen LogP contribution in [0.2, 0.25) is 0 Å². The molecule has 1 aromatic rings. The van der Waals surface area contributed by atoms with E-state index in [1.54, 1.807) is 17.9 Å². The van der Waals surface area contributed by atoms with E-state index in [0.29, 0.717) is 6.42 Å². The second-order valence-electron chi connectivity index (χ2n) is 2.55. The van der Waals surface area contributed by atoms with Gasteiger partial charge in [0.1, 0.15) is 0 Å². The van der Waals surface area contributed by atoms with Crippen LogP contribution in [0.1, 0.15) is 12.5 Å². The molecule has 0 unspecified atom stereocenters. The van der Waals surface area contributed by atoms with Crippen molar-refractivity contribution >= 4 is 5.91 Å². The Morgan fingerprint density at radius 2 is 2.50 bits per heavy atom. The minimum atomic E-state index is 0.0191. The van der Waals surface area contributed by atoms with Crippen LogP contribution >= 0.6 is 0 Å². The fourth-order valence-electron chi connectivity index (χ4n) is 0.944. The Balaban J connectivity index is 2.58. The van der Waals surface area contributed by atoms with Gasteiger partial charge in [0.25, 0.3) is 0 Å². The zero-order valence-electron chi connectivity index (χ0n) is 7.37. The number of likely N-dealkylation sites (N-methyl/N-ethyl adjacent to an activating group) is 1. The third kappa shape index (κ3) is 2.08. The van der Waals surface area contributed by atoms with Crippen LogP contribution in [0, 0.1) is 0 Å². The van der Waals surface area contributed by atoms with Crippen LogP contribution in [-0.4, -0.2) is 22.7 Å². The number of nitrogens with zero attached hydrogens (tertiary/aromatic N) is 2. The highest BCUT2D eigenvalue weighted by molar-refractivity contribution is 5.77. The second kappa shape index (κ2) is 3.90. The molecular formula is C8H13N3O. The van der Waals surface area contributed by atoms with Crippen LogP contribution in [0.3, 0.4) is 0 Å². The Morgan fingerprint density at radius 1 is 1.75 bits per heavy atom. The summed E-state index contributed by atoms with van der Waals surface area (Å²) in [6, 6.07) is 0. The first-order valence-electron chi connectivity index (χ1n) is 3.98. The number of hydrogen-bond acceptors (Lipinski definition) is 2. The number of hydrogen-bond donors (Lipinski definition) is 1. The average Bonchev–Trinajstić information content (AvgIpc) is 2.52. The molecule has 0 aliphatic rings. The van der Waals surface area contributed by atoms with Gasteiger partial charge in [0, 0.05) is 19.8 Å². The predicted octanol–water partition coefficient (Wildman–Crippen LogP) is 0.191. The van der Waals surface area contributed by atoms with Gasteiger partial charge in [0.05, 0.1) is 12.6 Å². The highest BCUT2D eigenvalue weighted by atomic mass is 16.1. The van der Waals surface area contributed by atoms with Crippen molar-refractivity contribution in [2.24, 2.45) is 0 Å². The molecule has 4 heteroatoms. The van der Waals surface area contributed by atoms with Gasteiger partial charge in [0.2, 0.25) is 5.91 Å². The summed E-state index contributed by atoms with van der Waals surface area (Å²) in [6.45, 7) is 2.85. The summed E-state index contributed by atoms with van der Waals surface area (Å²) >= 11 is 0. The minimum absolute atomic E-state index is 0.0191. The molecule has 0 radical (unpaired) electrons. The van der Waals surface area contributed by atoms with E-state index in [1.807, 2.05) is 13.1 Å². The second-order valence-corrected chi connectivity index (χ2v) is 2.55. The quantitative estimate of drug-likeness (QED) is 0.698. The molecular weight excluding hydrogens is 154 g/mol. The predicted molar refractivity (Wildman–Crippen MR) is 45.7 cm³/mol. The maximum Gasteiger partial charge on any atom is 0.224 e. The molecule has 0 atom stereocenters. The van der Waals surface area contributed by atoms with Crippen molar-refractivity contribution in [3.63, 3.8) is 0 Å². The van der Waals surface area contributed by atoms with Gasteiger partial charge in [-0.15, -0.1) is 0 Å². The molecule has 0 spiro atoms. The van der Waals surface area contributed by atoms with Crippen LogP contribution in [0.4, 0.5) is 0 Å². The van der Waals surface area contributed by atoms with Crippen molar-refractivity contribution in [2.45, 2.75) is 19.9 Å².